The van der Waals surface area contributed by atoms with Crippen molar-refractivity contribution in [2.45, 2.75) is 25.8 Å². The molecule has 3 aromatic rings. The van der Waals surface area contributed by atoms with Gasteiger partial charge in [0.1, 0.15) is 6.33 Å². The first kappa shape index (κ1) is 20.0. The molecule has 2 aliphatic heterocycles. The maximum atomic E-state index is 5.53. The minimum Gasteiger partial charge on any atom is -0.381 e. The van der Waals surface area contributed by atoms with Gasteiger partial charge in [-0.1, -0.05) is 18.2 Å². The van der Waals surface area contributed by atoms with Crippen LogP contribution in [0.2, 0.25) is 0 Å². The van der Waals surface area contributed by atoms with Crippen molar-refractivity contribution < 1.29 is 4.74 Å². The second-order valence-corrected chi connectivity index (χ2v) is 8.40. The third-order valence-corrected chi connectivity index (χ3v) is 6.22. The molecular weight excluding hydrogens is 388 g/mol. The number of benzene rings is 2. The van der Waals surface area contributed by atoms with Crippen LogP contribution in [0.3, 0.4) is 0 Å². The monoisotopic (exact) mass is 418 g/mol. The van der Waals surface area contributed by atoms with E-state index in [4.69, 9.17) is 4.74 Å². The zero-order valence-electron chi connectivity index (χ0n) is 18.1. The average Bonchev–Trinajstić information content (AvgIpc) is 3.28. The smallest absolute Gasteiger partial charge is 0.246 e. The second kappa shape index (κ2) is 9.08. The van der Waals surface area contributed by atoms with E-state index in [0.29, 0.717) is 12.0 Å². The lowest BCUT2D eigenvalue weighted by Crippen LogP contribution is -2.51. The van der Waals surface area contributed by atoms with E-state index in [9.17, 15) is 0 Å². The maximum Gasteiger partial charge on any atom is 0.246 e. The van der Waals surface area contributed by atoms with Crippen molar-refractivity contribution in [2.75, 3.05) is 49.6 Å². The van der Waals surface area contributed by atoms with Gasteiger partial charge in [-0.25, -0.2) is 4.68 Å². The van der Waals surface area contributed by atoms with E-state index in [1.54, 1.807) is 11.0 Å². The van der Waals surface area contributed by atoms with E-state index >= 15 is 0 Å². The Kier molecular flexibility index (Phi) is 5.86. The van der Waals surface area contributed by atoms with E-state index in [2.05, 4.69) is 50.3 Å². The van der Waals surface area contributed by atoms with E-state index in [0.717, 1.165) is 50.8 Å². The molecule has 0 spiro atoms. The molecule has 0 unspecified atom stereocenters. The Hall–Kier alpha value is -2.90. The number of aromatic nitrogens is 3. The SMILES string of the molecule is Cc1cc(Nc2ncn(-c3ccccc3)n2)cc(N2CCN(C3CCOCC3)CC2)c1. The number of rotatable bonds is 5. The zero-order chi connectivity index (χ0) is 21.0. The standard InChI is InChI=1S/C24H30N6O/c1-19-15-20(26-24-25-18-30(27-24)22-5-3-2-4-6-22)17-23(16-19)29-11-9-28(10-12-29)21-7-13-31-14-8-21/h2-6,15-18,21H,7-14H2,1H3,(H,26,27). The molecule has 2 fully saturated rings. The number of para-hydroxylation sites is 1. The fraction of sp³-hybridized carbons (Fsp3) is 0.417. The molecule has 0 atom stereocenters. The van der Waals surface area contributed by atoms with Crippen molar-refractivity contribution in [2.24, 2.45) is 0 Å². The molecule has 0 bridgehead atoms. The van der Waals surface area contributed by atoms with Crippen LogP contribution in [0.15, 0.2) is 54.9 Å². The molecule has 2 saturated heterocycles. The molecule has 2 aliphatic rings. The van der Waals surface area contributed by atoms with Crippen molar-refractivity contribution in [3.8, 4) is 5.69 Å². The number of hydrogen-bond acceptors (Lipinski definition) is 6. The lowest BCUT2D eigenvalue weighted by Gasteiger charge is -2.41. The number of hydrogen-bond donors (Lipinski definition) is 1. The van der Waals surface area contributed by atoms with E-state index in [-0.39, 0.29) is 0 Å². The van der Waals surface area contributed by atoms with E-state index < -0.39 is 0 Å². The van der Waals surface area contributed by atoms with Crippen molar-refractivity contribution in [1.29, 1.82) is 0 Å². The molecule has 5 rings (SSSR count). The molecule has 0 saturated carbocycles. The first-order valence-corrected chi connectivity index (χ1v) is 11.2. The van der Waals surface area contributed by atoms with Crippen molar-refractivity contribution in [1.82, 2.24) is 19.7 Å². The highest BCUT2D eigenvalue weighted by Crippen LogP contribution is 2.26. The summed E-state index contributed by atoms with van der Waals surface area (Å²) in [7, 11) is 0. The number of aryl methyl sites for hydroxylation is 1. The van der Waals surface area contributed by atoms with Crippen LogP contribution in [0.4, 0.5) is 17.3 Å². The third kappa shape index (κ3) is 4.73. The average molecular weight is 419 g/mol. The number of nitrogens with zero attached hydrogens (tertiary/aromatic N) is 5. The Balaban J connectivity index is 1.25. The third-order valence-electron chi connectivity index (χ3n) is 6.22. The van der Waals surface area contributed by atoms with Crippen molar-refractivity contribution in [3.63, 3.8) is 0 Å². The van der Waals surface area contributed by atoms with Crippen molar-refractivity contribution >= 4 is 17.3 Å². The molecule has 7 nitrogen and oxygen atoms in total. The van der Waals surface area contributed by atoms with Gasteiger partial charge in [0.25, 0.3) is 0 Å². The van der Waals surface area contributed by atoms with Gasteiger partial charge in [0.15, 0.2) is 0 Å². The summed E-state index contributed by atoms with van der Waals surface area (Å²) in [6.45, 7) is 8.30. The molecule has 7 heteroatoms. The largest absolute Gasteiger partial charge is 0.381 e. The second-order valence-electron chi connectivity index (χ2n) is 8.40. The summed E-state index contributed by atoms with van der Waals surface area (Å²) < 4.78 is 7.31. The summed E-state index contributed by atoms with van der Waals surface area (Å²) in [6.07, 6.45) is 4.08. The molecule has 31 heavy (non-hydrogen) atoms. The molecule has 1 aromatic heterocycles. The van der Waals surface area contributed by atoms with Gasteiger partial charge in [0, 0.05) is 56.8 Å². The molecule has 0 amide bonds. The van der Waals surface area contributed by atoms with Crippen LogP contribution in [0.25, 0.3) is 5.69 Å². The minimum atomic E-state index is 0.602. The van der Waals surface area contributed by atoms with Crippen LogP contribution in [-0.2, 0) is 4.74 Å². The highest BCUT2D eigenvalue weighted by Gasteiger charge is 2.25. The summed E-state index contributed by atoms with van der Waals surface area (Å²) in [5, 5.41) is 7.95. The van der Waals surface area contributed by atoms with Crippen LogP contribution < -0.4 is 10.2 Å². The quantitative estimate of drug-likeness (QED) is 0.683. The Labute approximate surface area is 183 Å². The van der Waals surface area contributed by atoms with Gasteiger partial charge in [0.05, 0.1) is 5.69 Å². The fourth-order valence-electron chi connectivity index (χ4n) is 4.57. The normalized spacial score (nSPS) is 18.3. The Morgan fingerprint density at radius 2 is 1.71 bits per heavy atom. The summed E-state index contributed by atoms with van der Waals surface area (Å²) in [5.41, 5.74) is 4.51. The summed E-state index contributed by atoms with van der Waals surface area (Å²) in [4.78, 5) is 9.57. The van der Waals surface area contributed by atoms with Crippen LogP contribution in [0, 0.1) is 6.92 Å². The predicted molar refractivity (Wildman–Crippen MR) is 123 cm³/mol. The molecule has 2 aromatic carbocycles. The van der Waals surface area contributed by atoms with Crippen LogP contribution in [0.1, 0.15) is 18.4 Å². The lowest BCUT2D eigenvalue weighted by atomic mass is 10.1. The van der Waals surface area contributed by atoms with Gasteiger partial charge >= 0.3 is 0 Å². The highest BCUT2D eigenvalue weighted by molar-refractivity contribution is 5.64. The van der Waals surface area contributed by atoms with Gasteiger partial charge in [-0.15, -0.1) is 5.10 Å². The van der Waals surface area contributed by atoms with Crippen LogP contribution in [-0.4, -0.2) is 65.1 Å². The van der Waals surface area contributed by atoms with Gasteiger partial charge < -0.3 is 15.0 Å². The lowest BCUT2D eigenvalue weighted by molar-refractivity contribution is 0.0321. The number of nitrogens with one attached hydrogen (secondary N) is 1. The Bertz CT molecular complexity index is 990. The first-order chi connectivity index (χ1) is 15.2. The summed E-state index contributed by atoms with van der Waals surface area (Å²) in [6, 6.07) is 17.3. The molecule has 1 N–H and O–H groups in total. The maximum absolute atomic E-state index is 5.53. The summed E-state index contributed by atoms with van der Waals surface area (Å²) in [5.74, 6) is 0.602. The van der Waals surface area contributed by atoms with Gasteiger partial charge in [0.2, 0.25) is 5.95 Å². The summed E-state index contributed by atoms with van der Waals surface area (Å²) >= 11 is 0. The van der Waals surface area contributed by atoms with Gasteiger partial charge in [-0.2, -0.15) is 4.98 Å². The Morgan fingerprint density at radius 1 is 0.935 bits per heavy atom. The number of ether oxygens (including phenoxy) is 1. The fourth-order valence-corrected chi connectivity index (χ4v) is 4.57. The molecule has 3 heterocycles. The molecular formula is C24H30N6O. The molecule has 0 aliphatic carbocycles. The van der Waals surface area contributed by atoms with Crippen LogP contribution in [0.5, 0.6) is 0 Å². The van der Waals surface area contributed by atoms with E-state index in [1.165, 1.54) is 24.1 Å². The zero-order valence-corrected chi connectivity index (χ0v) is 18.1. The number of piperazine rings is 1. The minimum absolute atomic E-state index is 0.602. The molecule has 162 valence electrons. The molecule has 0 radical (unpaired) electrons. The topological polar surface area (TPSA) is 58.5 Å². The van der Waals surface area contributed by atoms with Gasteiger partial charge in [-0.05, 0) is 55.7 Å². The predicted octanol–water partition coefficient (Wildman–Crippen LogP) is 3.62. The van der Waals surface area contributed by atoms with E-state index in [1.807, 2.05) is 30.3 Å². The number of anilines is 3. The van der Waals surface area contributed by atoms with Crippen molar-refractivity contribution in [3.05, 3.63) is 60.4 Å². The van der Waals surface area contributed by atoms with Crippen LogP contribution >= 0.6 is 0 Å². The Morgan fingerprint density at radius 3 is 2.48 bits per heavy atom. The highest BCUT2D eigenvalue weighted by atomic mass is 16.5. The first-order valence-electron chi connectivity index (χ1n) is 11.2. The van der Waals surface area contributed by atoms with Gasteiger partial charge in [-0.3, -0.25) is 4.90 Å².